The summed E-state index contributed by atoms with van der Waals surface area (Å²) in [5, 5.41) is 18.6. The van der Waals surface area contributed by atoms with Crippen LogP contribution in [0.5, 0.6) is 0 Å². The minimum absolute atomic E-state index is 0.262. The Labute approximate surface area is 171 Å². The summed E-state index contributed by atoms with van der Waals surface area (Å²) >= 11 is 0. The zero-order valence-electron chi connectivity index (χ0n) is 16.5. The normalized spacial score (nSPS) is 17.8. The number of anilines is 1. The van der Waals surface area contributed by atoms with Gasteiger partial charge in [-0.1, -0.05) is 24.3 Å². The van der Waals surface area contributed by atoms with Gasteiger partial charge in [-0.05, 0) is 30.3 Å². The fourth-order valence-electron chi connectivity index (χ4n) is 4.22. The van der Waals surface area contributed by atoms with Crippen LogP contribution < -0.4 is 16.2 Å². The molecule has 2 aromatic heterocycles. The van der Waals surface area contributed by atoms with Gasteiger partial charge in [-0.3, -0.25) is 9.48 Å². The van der Waals surface area contributed by atoms with Gasteiger partial charge in [0.05, 0.1) is 23.0 Å². The number of benzene rings is 2. The number of rotatable bonds is 4. The van der Waals surface area contributed by atoms with E-state index in [1.807, 2.05) is 26.2 Å². The van der Waals surface area contributed by atoms with Gasteiger partial charge in [0.1, 0.15) is 18.0 Å². The number of aryl methyl sites for hydroxylation is 1. The first-order valence-electron chi connectivity index (χ1n) is 9.62. The van der Waals surface area contributed by atoms with E-state index < -0.39 is 11.4 Å². The Morgan fingerprint density at radius 1 is 1.23 bits per heavy atom. The van der Waals surface area contributed by atoms with Crippen LogP contribution in [0.1, 0.15) is 34.6 Å². The summed E-state index contributed by atoms with van der Waals surface area (Å²) in [6, 6.07) is 10.6. The molecule has 0 aliphatic carbocycles. The van der Waals surface area contributed by atoms with Gasteiger partial charge in [0.2, 0.25) is 0 Å². The molecular weight excluding hydrogens is 385 g/mol. The summed E-state index contributed by atoms with van der Waals surface area (Å²) in [5.41, 5.74) is 2.91. The molecule has 0 fully saturated rings. The maximum absolute atomic E-state index is 14.3. The monoisotopic (exact) mass is 405 g/mol. The Morgan fingerprint density at radius 2 is 2.03 bits per heavy atom. The van der Waals surface area contributed by atoms with Crippen molar-refractivity contribution in [2.24, 2.45) is 7.05 Å². The second-order valence-corrected chi connectivity index (χ2v) is 7.43. The van der Waals surface area contributed by atoms with Gasteiger partial charge in [-0.15, -0.1) is 0 Å². The van der Waals surface area contributed by atoms with Crippen LogP contribution in [0.15, 0.2) is 47.5 Å². The first kappa shape index (κ1) is 18.4. The van der Waals surface area contributed by atoms with E-state index in [9.17, 15) is 9.18 Å². The van der Waals surface area contributed by atoms with Crippen LogP contribution >= 0.6 is 0 Å². The van der Waals surface area contributed by atoms with Crippen molar-refractivity contribution >= 4 is 16.5 Å². The minimum atomic E-state index is -0.479. The van der Waals surface area contributed by atoms with Crippen LogP contribution in [0.3, 0.4) is 0 Å². The Kier molecular flexibility index (Phi) is 4.32. The fraction of sp³-hybridized carbons (Fsp3) is 0.238. The van der Waals surface area contributed by atoms with E-state index in [4.69, 9.17) is 0 Å². The predicted molar refractivity (Wildman–Crippen MR) is 111 cm³/mol. The van der Waals surface area contributed by atoms with Crippen molar-refractivity contribution in [1.82, 2.24) is 30.3 Å². The molecule has 8 nitrogen and oxygen atoms in total. The first-order chi connectivity index (χ1) is 14.6. The van der Waals surface area contributed by atoms with Crippen LogP contribution in [-0.2, 0) is 13.6 Å². The maximum atomic E-state index is 14.3. The van der Waals surface area contributed by atoms with Crippen LogP contribution in [-0.4, -0.2) is 32.0 Å². The van der Waals surface area contributed by atoms with Crippen molar-refractivity contribution in [1.29, 1.82) is 0 Å². The lowest BCUT2D eigenvalue weighted by atomic mass is 9.83. The molecule has 0 unspecified atom stereocenters. The molecule has 0 saturated carbocycles. The third kappa shape index (κ3) is 2.86. The highest BCUT2D eigenvalue weighted by molar-refractivity contribution is 5.97. The van der Waals surface area contributed by atoms with E-state index >= 15 is 0 Å². The van der Waals surface area contributed by atoms with E-state index in [2.05, 4.69) is 43.0 Å². The number of halogens is 1. The van der Waals surface area contributed by atoms with Crippen LogP contribution in [0, 0.1) is 5.82 Å². The molecule has 1 aliphatic rings. The summed E-state index contributed by atoms with van der Waals surface area (Å²) in [7, 11) is 3.72. The number of nitrogens with one attached hydrogen (secondary N) is 3. The minimum Gasteiger partial charge on any atom is -0.376 e. The molecule has 4 aromatic rings. The molecule has 3 N–H and O–H groups in total. The van der Waals surface area contributed by atoms with Crippen molar-refractivity contribution < 1.29 is 4.39 Å². The van der Waals surface area contributed by atoms with Gasteiger partial charge in [0.15, 0.2) is 0 Å². The fourth-order valence-corrected chi connectivity index (χ4v) is 4.22. The third-order valence-corrected chi connectivity index (χ3v) is 5.57. The first-order valence-corrected chi connectivity index (χ1v) is 9.62. The van der Waals surface area contributed by atoms with Crippen LogP contribution in [0.2, 0.25) is 0 Å². The number of hydrogen-bond acceptors (Lipinski definition) is 6. The Balaban J connectivity index is 1.74. The molecule has 3 heterocycles. The quantitative estimate of drug-likeness (QED) is 0.481. The molecule has 152 valence electrons. The van der Waals surface area contributed by atoms with Gasteiger partial charge < -0.3 is 10.6 Å². The lowest BCUT2D eigenvalue weighted by Crippen LogP contribution is -2.30. The number of H-pyrrole nitrogens is 1. The summed E-state index contributed by atoms with van der Waals surface area (Å²) in [4.78, 5) is 16.8. The average Bonchev–Trinajstić information content (AvgIpc) is 3.16. The highest BCUT2D eigenvalue weighted by atomic mass is 19.1. The van der Waals surface area contributed by atoms with E-state index in [1.165, 1.54) is 18.5 Å². The highest BCUT2D eigenvalue weighted by Crippen LogP contribution is 2.45. The Morgan fingerprint density at radius 3 is 2.73 bits per heavy atom. The van der Waals surface area contributed by atoms with Gasteiger partial charge in [-0.25, -0.2) is 14.5 Å². The molecule has 0 spiro atoms. The third-order valence-electron chi connectivity index (χ3n) is 5.57. The lowest BCUT2D eigenvalue weighted by Gasteiger charge is -2.33. The molecule has 0 bridgehead atoms. The number of nitrogens with zero attached hydrogens (tertiary/aromatic N) is 4. The molecule has 1 aliphatic heterocycles. The van der Waals surface area contributed by atoms with Gasteiger partial charge in [0, 0.05) is 24.7 Å². The van der Waals surface area contributed by atoms with Crippen molar-refractivity contribution in [2.75, 3.05) is 12.4 Å². The molecule has 0 amide bonds. The predicted octanol–water partition coefficient (Wildman–Crippen LogP) is 2.21. The topological polar surface area (TPSA) is 101 Å². The molecule has 5 rings (SSSR count). The van der Waals surface area contributed by atoms with E-state index in [0.29, 0.717) is 22.6 Å². The van der Waals surface area contributed by atoms with Crippen molar-refractivity contribution in [3.05, 3.63) is 81.5 Å². The molecule has 2 atom stereocenters. The highest BCUT2D eigenvalue weighted by Gasteiger charge is 2.37. The van der Waals surface area contributed by atoms with Crippen LogP contribution in [0.4, 0.5) is 10.1 Å². The molecule has 0 saturated heterocycles. The second kappa shape index (κ2) is 7.03. The van der Waals surface area contributed by atoms with E-state index in [0.717, 1.165) is 17.7 Å². The zero-order valence-corrected chi connectivity index (χ0v) is 16.5. The van der Waals surface area contributed by atoms with Gasteiger partial charge >= 0.3 is 0 Å². The van der Waals surface area contributed by atoms with E-state index in [1.54, 1.807) is 4.68 Å². The SMILES string of the molecule is CNCc1ccc([C@H]2Nc3cc(F)cc4c(=O)[nH]nc(c34)[C@@H]2c2ncnn2C)cc1. The molecule has 9 heteroatoms. The smallest absolute Gasteiger partial charge is 0.272 e. The number of hydrogen-bond donors (Lipinski definition) is 3. The largest absolute Gasteiger partial charge is 0.376 e. The summed E-state index contributed by atoms with van der Waals surface area (Å²) < 4.78 is 16.0. The average molecular weight is 405 g/mol. The zero-order chi connectivity index (χ0) is 20.8. The van der Waals surface area contributed by atoms with Crippen molar-refractivity contribution in [2.45, 2.75) is 18.5 Å². The number of aromatic amines is 1. The molecular formula is C21H20FN7O. The molecule has 0 radical (unpaired) electrons. The summed E-state index contributed by atoms with van der Waals surface area (Å²) in [5.74, 6) is -0.111. The van der Waals surface area contributed by atoms with Crippen molar-refractivity contribution in [3.8, 4) is 0 Å². The summed E-state index contributed by atoms with van der Waals surface area (Å²) in [6.45, 7) is 0.765. The molecule has 30 heavy (non-hydrogen) atoms. The number of aromatic nitrogens is 5. The lowest BCUT2D eigenvalue weighted by molar-refractivity contribution is 0.564. The van der Waals surface area contributed by atoms with Crippen molar-refractivity contribution in [3.63, 3.8) is 0 Å². The molecule has 2 aromatic carbocycles. The summed E-state index contributed by atoms with van der Waals surface area (Å²) in [6.07, 6.45) is 1.49. The Bertz CT molecular complexity index is 1300. The standard InChI is InChI=1S/C21H20FN7O/c1-23-9-11-3-5-12(6-4-11)18-17(20-24-10-25-29(20)2)19-16-14(21(30)28-27-19)7-13(22)8-15(16)26-18/h3-8,10,17-18,23,26H,9H2,1-2H3,(H,28,30)/t17-,18-/m1/s1. The van der Waals surface area contributed by atoms with E-state index in [-0.39, 0.29) is 17.3 Å². The van der Waals surface area contributed by atoms with Crippen LogP contribution in [0.25, 0.3) is 10.8 Å². The second-order valence-electron chi connectivity index (χ2n) is 7.43. The van der Waals surface area contributed by atoms with Gasteiger partial charge in [-0.2, -0.15) is 10.2 Å². The Hall–Kier alpha value is -3.59. The maximum Gasteiger partial charge on any atom is 0.272 e. The van der Waals surface area contributed by atoms with Gasteiger partial charge in [0.25, 0.3) is 5.56 Å².